The number of aldehydes is 1. The van der Waals surface area contributed by atoms with Gasteiger partial charge in [-0.05, 0) is 12.1 Å². The molecular weight excluding hydrogens is 197 g/mol. The molecule has 0 fully saturated rings. The lowest BCUT2D eigenvalue weighted by Crippen LogP contribution is -1.74. The van der Waals surface area contributed by atoms with Crippen molar-refractivity contribution in [2.45, 2.75) is 0 Å². The molecule has 62 valence electrons. The van der Waals surface area contributed by atoms with Gasteiger partial charge in [-0.2, -0.15) is 0 Å². The minimum Gasteiger partial charge on any atom is -0.297 e. The fourth-order valence-corrected chi connectivity index (χ4v) is 1.05. The van der Waals surface area contributed by atoms with Crippen LogP contribution in [-0.2, 0) is 4.79 Å². The third-order valence-electron chi connectivity index (χ3n) is 1.21. The molecule has 2 nitrogen and oxygen atoms in total. The smallest absolute Gasteiger partial charge is 0.161 e. The van der Waals surface area contributed by atoms with Gasteiger partial charge >= 0.3 is 0 Å². The number of benzene rings is 1. The number of nitrogens with zero attached hydrogens (tertiary/aromatic N) is 1. The largest absolute Gasteiger partial charge is 0.297 e. The first kappa shape index (κ1) is 9.23. The molecule has 0 saturated carbocycles. The topological polar surface area (TPSA) is 29.4 Å². The lowest BCUT2D eigenvalue weighted by Gasteiger charge is -1.97. The zero-order valence-electron chi connectivity index (χ0n) is 6.00. The van der Waals surface area contributed by atoms with E-state index in [-0.39, 0.29) is 0 Å². The van der Waals surface area contributed by atoms with Crippen LogP contribution in [0.3, 0.4) is 0 Å². The van der Waals surface area contributed by atoms with E-state index in [0.717, 1.165) is 6.21 Å². The average Bonchev–Trinajstić information content (AvgIpc) is 2.08. The Hall–Kier alpha value is -0.860. The molecule has 0 N–H and O–H groups in total. The monoisotopic (exact) mass is 201 g/mol. The van der Waals surface area contributed by atoms with Crippen LogP contribution in [-0.4, -0.2) is 12.5 Å². The summed E-state index contributed by atoms with van der Waals surface area (Å²) in [4.78, 5) is 13.7. The Morgan fingerprint density at radius 2 is 2.08 bits per heavy atom. The molecule has 0 atom stereocenters. The van der Waals surface area contributed by atoms with E-state index in [0.29, 0.717) is 22.0 Å². The van der Waals surface area contributed by atoms with E-state index >= 15 is 0 Å². The summed E-state index contributed by atoms with van der Waals surface area (Å²) < 4.78 is 0. The summed E-state index contributed by atoms with van der Waals surface area (Å²) in [5, 5.41) is 0.787. The summed E-state index contributed by atoms with van der Waals surface area (Å²) in [7, 11) is 0. The van der Waals surface area contributed by atoms with Crippen LogP contribution in [0.5, 0.6) is 0 Å². The van der Waals surface area contributed by atoms with Crippen LogP contribution < -0.4 is 0 Å². The Labute approximate surface area is 79.8 Å². The molecule has 0 spiro atoms. The van der Waals surface area contributed by atoms with E-state index in [1.807, 2.05) is 0 Å². The second-order valence-corrected chi connectivity index (χ2v) is 2.77. The van der Waals surface area contributed by atoms with Crippen molar-refractivity contribution in [3.8, 4) is 0 Å². The first-order valence-corrected chi connectivity index (χ1v) is 3.93. The van der Waals surface area contributed by atoms with Crippen LogP contribution in [0.4, 0.5) is 5.69 Å². The molecule has 0 bridgehead atoms. The van der Waals surface area contributed by atoms with E-state index in [2.05, 4.69) is 4.99 Å². The van der Waals surface area contributed by atoms with Gasteiger partial charge in [-0.15, -0.1) is 0 Å². The van der Waals surface area contributed by atoms with Gasteiger partial charge in [-0.3, -0.25) is 9.79 Å². The molecule has 0 heterocycles. The number of carbonyl (C=O) groups is 1. The Bertz CT molecular complexity index is 323. The molecule has 0 aliphatic carbocycles. The van der Waals surface area contributed by atoms with Gasteiger partial charge in [0.1, 0.15) is 0 Å². The fourth-order valence-electron chi connectivity index (χ4n) is 0.703. The van der Waals surface area contributed by atoms with Gasteiger partial charge in [-0.25, -0.2) is 0 Å². The Morgan fingerprint density at radius 1 is 1.33 bits per heavy atom. The molecule has 1 aromatic carbocycles. The molecule has 0 aliphatic heterocycles. The third kappa shape index (κ3) is 2.06. The molecule has 0 radical (unpaired) electrons. The number of hydrogen-bond donors (Lipinski definition) is 0. The van der Waals surface area contributed by atoms with Crippen LogP contribution in [0.25, 0.3) is 0 Å². The highest BCUT2D eigenvalue weighted by molar-refractivity contribution is 6.43. The predicted molar refractivity (Wildman–Crippen MR) is 50.7 cm³/mol. The lowest BCUT2D eigenvalue weighted by molar-refractivity contribution is -0.102. The van der Waals surface area contributed by atoms with E-state index in [4.69, 9.17) is 23.2 Å². The number of carbonyl (C=O) groups excluding carboxylic acids is 1. The number of hydrogen-bond acceptors (Lipinski definition) is 2. The Balaban J connectivity index is 3.07. The van der Waals surface area contributed by atoms with E-state index < -0.39 is 0 Å². The molecule has 0 unspecified atom stereocenters. The summed E-state index contributed by atoms with van der Waals surface area (Å²) in [5.41, 5.74) is 0.497. The summed E-state index contributed by atoms with van der Waals surface area (Å²) in [6.45, 7) is 0. The quantitative estimate of drug-likeness (QED) is 0.535. The van der Waals surface area contributed by atoms with Crippen molar-refractivity contribution in [2.24, 2.45) is 4.99 Å². The third-order valence-corrected chi connectivity index (χ3v) is 2.01. The van der Waals surface area contributed by atoms with Gasteiger partial charge in [0.2, 0.25) is 0 Å². The van der Waals surface area contributed by atoms with Crippen molar-refractivity contribution in [3.05, 3.63) is 28.2 Å². The van der Waals surface area contributed by atoms with Crippen LogP contribution in [0.1, 0.15) is 0 Å². The van der Waals surface area contributed by atoms with Crippen molar-refractivity contribution in [1.82, 2.24) is 0 Å². The maximum Gasteiger partial charge on any atom is 0.161 e. The van der Waals surface area contributed by atoms with Gasteiger partial charge in [0.25, 0.3) is 0 Å². The molecule has 0 amide bonds. The van der Waals surface area contributed by atoms with Crippen molar-refractivity contribution >= 4 is 41.4 Å². The molecule has 0 aromatic heterocycles. The maximum absolute atomic E-state index is 9.95. The average molecular weight is 202 g/mol. The number of rotatable bonds is 2. The van der Waals surface area contributed by atoms with Crippen molar-refractivity contribution in [2.75, 3.05) is 0 Å². The van der Waals surface area contributed by atoms with E-state index in [1.54, 1.807) is 18.2 Å². The highest BCUT2D eigenvalue weighted by Gasteiger charge is 2.00. The van der Waals surface area contributed by atoms with Gasteiger partial charge in [0.15, 0.2) is 6.29 Å². The highest BCUT2D eigenvalue weighted by Crippen LogP contribution is 2.31. The van der Waals surface area contributed by atoms with Crippen LogP contribution in [0.2, 0.25) is 10.0 Å². The summed E-state index contributed by atoms with van der Waals surface area (Å²) in [6, 6.07) is 5.05. The second-order valence-electron chi connectivity index (χ2n) is 1.99. The molecule has 0 aliphatic rings. The summed E-state index contributed by atoms with van der Waals surface area (Å²) >= 11 is 11.5. The van der Waals surface area contributed by atoms with Crippen molar-refractivity contribution in [1.29, 1.82) is 0 Å². The van der Waals surface area contributed by atoms with Crippen molar-refractivity contribution < 1.29 is 4.79 Å². The summed E-state index contributed by atoms with van der Waals surface area (Å²) in [5.74, 6) is 0. The standard InChI is InChI=1S/C8H5Cl2NO/c9-6-2-1-3-7(8(6)10)11-4-5-12/h1-5H. The zero-order valence-corrected chi connectivity index (χ0v) is 7.51. The molecule has 4 heteroatoms. The fraction of sp³-hybridized carbons (Fsp3) is 0. The zero-order chi connectivity index (χ0) is 8.97. The van der Waals surface area contributed by atoms with Gasteiger partial charge in [0.05, 0.1) is 21.9 Å². The molecule has 12 heavy (non-hydrogen) atoms. The number of aliphatic imine (C=N–C) groups is 1. The predicted octanol–water partition coefficient (Wildman–Crippen LogP) is 2.89. The Kier molecular flexibility index (Phi) is 3.26. The second kappa shape index (κ2) is 4.24. The van der Waals surface area contributed by atoms with Gasteiger partial charge in [0, 0.05) is 0 Å². The van der Waals surface area contributed by atoms with E-state index in [1.165, 1.54) is 0 Å². The molecule has 0 saturated heterocycles. The van der Waals surface area contributed by atoms with Gasteiger partial charge < -0.3 is 0 Å². The highest BCUT2D eigenvalue weighted by atomic mass is 35.5. The van der Waals surface area contributed by atoms with Crippen molar-refractivity contribution in [3.63, 3.8) is 0 Å². The summed E-state index contributed by atoms with van der Waals surface area (Å²) in [6.07, 6.45) is 1.70. The SMILES string of the molecule is O=CC=Nc1cccc(Cl)c1Cl. The minimum atomic E-state index is 0.359. The lowest BCUT2D eigenvalue weighted by atomic mass is 10.3. The normalized spacial score (nSPS) is 10.5. The number of halogens is 2. The van der Waals surface area contributed by atoms with Crippen LogP contribution in [0, 0.1) is 0 Å². The molecular formula is C8H5Cl2NO. The molecule has 1 rings (SSSR count). The molecule has 1 aromatic rings. The minimum absolute atomic E-state index is 0.359. The van der Waals surface area contributed by atoms with E-state index in [9.17, 15) is 4.79 Å². The Morgan fingerprint density at radius 3 is 2.75 bits per heavy atom. The first-order chi connectivity index (χ1) is 5.75. The van der Waals surface area contributed by atoms with Gasteiger partial charge in [-0.1, -0.05) is 29.3 Å². The maximum atomic E-state index is 9.95. The first-order valence-electron chi connectivity index (χ1n) is 3.17. The van der Waals surface area contributed by atoms with Crippen LogP contribution >= 0.6 is 23.2 Å². The van der Waals surface area contributed by atoms with Crippen LogP contribution in [0.15, 0.2) is 23.2 Å².